The summed E-state index contributed by atoms with van der Waals surface area (Å²) in [4.78, 5) is 60.3. The van der Waals surface area contributed by atoms with Crippen molar-refractivity contribution in [1.82, 2.24) is 24.8 Å². The molecule has 1 aliphatic heterocycles. The van der Waals surface area contributed by atoms with Crippen molar-refractivity contribution in [3.05, 3.63) is 66.3 Å². The quantitative estimate of drug-likeness (QED) is 0.151. The lowest BCUT2D eigenvalue weighted by molar-refractivity contribution is -0.134. The van der Waals surface area contributed by atoms with Crippen LogP contribution in [-0.4, -0.2) is 107 Å². The predicted octanol–water partition coefficient (Wildman–Crippen LogP) is 1.56. The second-order valence-corrected chi connectivity index (χ2v) is 9.06. The van der Waals surface area contributed by atoms with Crippen molar-refractivity contribution >= 4 is 47.1 Å². The van der Waals surface area contributed by atoms with Gasteiger partial charge in [-0.3, -0.25) is 9.47 Å². The first-order valence-corrected chi connectivity index (χ1v) is 12.9. The molecule has 4 heterocycles. The van der Waals surface area contributed by atoms with Gasteiger partial charge in [-0.1, -0.05) is 0 Å². The zero-order valence-electron chi connectivity index (χ0n) is 23.5. The number of aliphatic carboxylic acids is 4. The number of aromatic nitrogens is 3. The molecular weight excluding hydrogens is 584 g/mol. The van der Waals surface area contributed by atoms with Gasteiger partial charge in [-0.2, -0.15) is 0 Å². The van der Waals surface area contributed by atoms with E-state index in [0.717, 1.165) is 48.1 Å². The number of pyridine rings is 1. The molecule has 4 rings (SSSR count). The number of carboxylic acid groups (broad SMARTS) is 5. The third-order valence-electron chi connectivity index (χ3n) is 5.66. The molecule has 1 saturated heterocycles. The monoisotopic (exact) mass is 616 g/mol. The van der Waals surface area contributed by atoms with E-state index in [-0.39, 0.29) is 6.04 Å². The van der Waals surface area contributed by atoms with Gasteiger partial charge in [0.1, 0.15) is 17.0 Å². The highest BCUT2D eigenvalue weighted by Crippen LogP contribution is 2.22. The molecule has 7 N–H and O–H groups in total. The van der Waals surface area contributed by atoms with Crippen LogP contribution in [0.1, 0.15) is 17.9 Å². The minimum Gasteiger partial charge on any atom is -0.478 e. The molecule has 3 aromatic rings. The van der Waals surface area contributed by atoms with Gasteiger partial charge in [0.2, 0.25) is 5.95 Å². The molecule has 1 amide bonds. The third kappa shape index (κ3) is 12.9. The average molecular weight is 617 g/mol. The Kier molecular flexibility index (Phi) is 13.6. The fraction of sp³-hybridized carbons (Fsp3) is 0.296. The normalized spacial score (nSPS) is 14.4. The molecule has 1 atom stereocenters. The van der Waals surface area contributed by atoms with Crippen LogP contribution < -0.4 is 10.6 Å². The zero-order valence-corrected chi connectivity index (χ0v) is 23.5. The fourth-order valence-corrected chi connectivity index (χ4v) is 3.89. The predicted molar refractivity (Wildman–Crippen MR) is 153 cm³/mol. The molecule has 0 aliphatic carbocycles. The summed E-state index contributed by atoms with van der Waals surface area (Å²) in [6.45, 7) is 5.39. The number of carboxylic acids is 4. The zero-order chi connectivity index (χ0) is 32.6. The number of hydrogen-bond acceptors (Lipinski definition) is 10. The third-order valence-corrected chi connectivity index (χ3v) is 5.66. The molecule has 0 radical (unpaired) electrons. The van der Waals surface area contributed by atoms with Crippen molar-refractivity contribution in [3.63, 3.8) is 0 Å². The largest absolute Gasteiger partial charge is 0.478 e. The van der Waals surface area contributed by atoms with Crippen LogP contribution in [0.4, 0.5) is 10.7 Å². The van der Waals surface area contributed by atoms with E-state index in [4.69, 9.17) is 34.9 Å². The Morgan fingerprint density at radius 3 is 2.09 bits per heavy atom. The van der Waals surface area contributed by atoms with Gasteiger partial charge in [-0.25, -0.2) is 33.9 Å². The van der Waals surface area contributed by atoms with Gasteiger partial charge in [-0.15, -0.1) is 0 Å². The smallest absolute Gasteiger partial charge is 0.404 e. The number of carbonyl (C=O) groups is 5. The number of amides is 1. The van der Waals surface area contributed by atoms with E-state index in [0.29, 0.717) is 43.9 Å². The Labute approximate surface area is 249 Å². The van der Waals surface area contributed by atoms with Gasteiger partial charge in [0.05, 0.1) is 6.54 Å². The van der Waals surface area contributed by atoms with E-state index in [1.54, 1.807) is 6.20 Å². The minimum absolute atomic E-state index is 0.249. The van der Waals surface area contributed by atoms with Crippen LogP contribution in [0.2, 0.25) is 0 Å². The van der Waals surface area contributed by atoms with Crippen molar-refractivity contribution in [2.24, 2.45) is 0 Å². The number of furan rings is 1. The van der Waals surface area contributed by atoms with Crippen LogP contribution in [0.15, 0.2) is 59.2 Å². The molecular formula is C27H32N6O11. The Morgan fingerprint density at radius 1 is 0.955 bits per heavy atom. The second kappa shape index (κ2) is 17.3. The summed E-state index contributed by atoms with van der Waals surface area (Å²) in [6.07, 6.45) is 3.99. The molecule has 0 saturated carbocycles. The fourth-order valence-electron chi connectivity index (χ4n) is 3.89. The second-order valence-electron chi connectivity index (χ2n) is 9.06. The molecule has 17 heteroatoms. The van der Waals surface area contributed by atoms with Gasteiger partial charge >= 0.3 is 30.0 Å². The van der Waals surface area contributed by atoms with Crippen molar-refractivity contribution < 1.29 is 53.9 Å². The summed E-state index contributed by atoms with van der Waals surface area (Å²) in [5.74, 6) is -2.51. The molecule has 0 bridgehead atoms. The van der Waals surface area contributed by atoms with E-state index >= 15 is 0 Å². The number of fused-ring (bicyclic) bond motifs is 1. The van der Waals surface area contributed by atoms with Crippen LogP contribution in [0.3, 0.4) is 0 Å². The highest BCUT2D eigenvalue weighted by molar-refractivity contribution is 5.90. The van der Waals surface area contributed by atoms with Crippen molar-refractivity contribution in [1.29, 1.82) is 0 Å². The van der Waals surface area contributed by atoms with E-state index in [1.807, 2.05) is 35.8 Å². The van der Waals surface area contributed by atoms with E-state index in [1.165, 1.54) is 0 Å². The lowest BCUT2D eigenvalue weighted by Crippen LogP contribution is -2.34. The maximum absolute atomic E-state index is 10.6. The maximum atomic E-state index is 10.6. The van der Waals surface area contributed by atoms with Crippen molar-refractivity contribution in [3.8, 4) is 0 Å². The van der Waals surface area contributed by atoms with Crippen molar-refractivity contribution in [2.45, 2.75) is 25.9 Å². The highest BCUT2D eigenvalue weighted by Gasteiger charge is 2.24. The highest BCUT2D eigenvalue weighted by atomic mass is 16.4. The Balaban J connectivity index is 0.000000349. The van der Waals surface area contributed by atoms with Gasteiger partial charge < -0.3 is 40.6 Å². The molecule has 17 nitrogen and oxygen atoms in total. The Hall–Kier alpha value is -5.71. The lowest BCUT2D eigenvalue weighted by atomic mass is 10.3. The summed E-state index contributed by atoms with van der Waals surface area (Å²) in [5.41, 5.74) is 1.66. The topological polar surface area (TPSA) is 258 Å². The summed E-state index contributed by atoms with van der Waals surface area (Å²) in [7, 11) is 0. The van der Waals surface area contributed by atoms with Gasteiger partial charge in [0.15, 0.2) is 5.65 Å². The van der Waals surface area contributed by atoms with E-state index < -0.39 is 30.0 Å². The maximum Gasteiger partial charge on any atom is 0.404 e. The van der Waals surface area contributed by atoms with Crippen LogP contribution in [0.5, 0.6) is 0 Å². The molecule has 0 aromatic carbocycles. The first-order valence-electron chi connectivity index (χ1n) is 12.9. The SMILES string of the molecule is Cc1ccc(Cn2c(NC3CCN(CCNC(=O)O)C3)nc3cccnc32)o1.O=C(O)/C=C/C(=O)O.O=C(O)C=CC(=O)O. The van der Waals surface area contributed by atoms with Gasteiger partial charge in [-0.05, 0) is 37.6 Å². The number of rotatable bonds is 11. The lowest BCUT2D eigenvalue weighted by Gasteiger charge is -2.17. The first kappa shape index (κ1) is 34.5. The standard InChI is InChI=1S/C19H24N6O3.2C4H4O4/c1-13-4-5-15(28-13)12-25-17-16(3-2-7-20-17)23-18(25)22-14-6-9-24(11-14)10-8-21-19(26)27;2*5-3(6)1-2-4(7)8/h2-5,7,14,21H,6,8-12H2,1H3,(H,22,23)(H,26,27);2*1-2H,(H,5,6)(H,7,8)/b;2-1+;. The number of imidazole rings is 1. The minimum atomic E-state index is -1.26. The Morgan fingerprint density at radius 2 is 1.57 bits per heavy atom. The van der Waals surface area contributed by atoms with Crippen molar-refractivity contribution in [2.75, 3.05) is 31.5 Å². The Bertz CT molecular complexity index is 1440. The molecule has 1 fully saturated rings. The summed E-state index contributed by atoms with van der Waals surface area (Å²) in [6, 6.07) is 8.01. The number of aryl methyl sites for hydroxylation is 1. The molecule has 0 spiro atoms. The summed E-state index contributed by atoms with van der Waals surface area (Å²) >= 11 is 0. The van der Waals surface area contributed by atoms with Gasteiger partial charge in [0.25, 0.3) is 0 Å². The van der Waals surface area contributed by atoms with E-state index in [9.17, 15) is 24.0 Å². The number of likely N-dealkylation sites (tertiary alicyclic amines) is 1. The van der Waals surface area contributed by atoms with Crippen LogP contribution in [0, 0.1) is 6.92 Å². The van der Waals surface area contributed by atoms with Crippen LogP contribution in [-0.2, 0) is 25.7 Å². The molecule has 1 unspecified atom stereocenters. The molecule has 3 aromatic heterocycles. The van der Waals surface area contributed by atoms with Crippen LogP contribution in [0.25, 0.3) is 11.2 Å². The average Bonchev–Trinajstić information content (AvgIpc) is 3.66. The van der Waals surface area contributed by atoms with Gasteiger partial charge in [0, 0.05) is 62.7 Å². The number of hydrogen-bond donors (Lipinski definition) is 7. The number of nitrogens with one attached hydrogen (secondary N) is 2. The molecule has 1 aliphatic rings. The molecule has 44 heavy (non-hydrogen) atoms. The summed E-state index contributed by atoms with van der Waals surface area (Å²) in [5, 5.41) is 45.9. The number of anilines is 1. The van der Waals surface area contributed by atoms with E-state index in [2.05, 4.69) is 20.5 Å². The van der Waals surface area contributed by atoms with Crippen LogP contribution >= 0.6 is 0 Å². The number of nitrogens with zero attached hydrogens (tertiary/aromatic N) is 4. The molecule has 236 valence electrons. The first-order chi connectivity index (χ1) is 20.8. The summed E-state index contributed by atoms with van der Waals surface area (Å²) < 4.78 is 7.79.